The molecule has 2 aromatic rings. The minimum absolute atomic E-state index is 0.157. The first-order valence-corrected chi connectivity index (χ1v) is 6.19. The van der Waals surface area contributed by atoms with Crippen molar-refractivity contribution in [3.63, 3.8) is 0 Å². The third-order valence-electron chi connectivity index (χ3n) is 2.60. The second-order valence-corrected chi connectivity index (χ2v) is 4.74. The molecule has 1 nitrogen and oxygen atoms in total. The molecule has 17 heavy (non-hydrogen) atoms. The van der Waals surface area contributed by atoms with Crippen LogP contribution in [0.3, 0.4) is 0 Å². The van der Waals surface area contributed by atoms with Crippen molar-refractivity contribution in [1.82, 2.24) is 0 Å². The molecule has 1 N–H and O–H groups in total. The van der Waals surface area contributed by atoms with Gasteiger partial charge < -0.3 is 5.32 Å². The van der Waals surface area contributed by atoms with Gasteiger partial charge >= 0.3 is 0 Å². The lowest BCUT2D eigenvalue weighted by Crippen LogP contribution is -2.06. The minimum atomic E-state index is 0.157. The third-order valence-corrected chi connectivity index (χ3v) is 3.20. The first-order chi connectivity index (χ1) is 8.16. The highest BCUT2D eigenvalue weighted by Crippen LogP contribution is 2.26. The van der Waals surface area contributed by atoms with Gasteiger partial charge in [0.2, 0.25) is 0 Å². The molecular weight excluding hydrogens is 253 g/mol. The second-order valence-electron chi connectivity index (χ2n) is 3.89. The van der Waals surface area contributed by atoms with Gasteiger partial charge in [0, 0.05) is 21.8 Å². The van der Waals surface area contributed by atoms with Crippen molar-refractivity contribution in [3.05, 3.63) is 64.1 Å². The maximum atomic E-state index is 6.15. The zero-order valence-corrected chi connectivity index (χ0v) is 11.0. The van der Waals surface area contributed by atoms with Crippen LogP contribution in [0.5, 0.6) is 0 Å². The van der Waals surface area contributed by atoms with Gasteiger partial charge in [0.1, 0.15) is 0 Å². The summed E-state index contributed by atoms with van der Waals surface area (Å²) in [5.74, 6) is 0. The molecule has 1 unspecified atom stereocenters. The largest absolute Gasteiger partial charge is 0.378 e. The number of halogens is 2. The van der Waals surface area contributed by atoms with E-state index >= 15 is 0 Å². The van der Waals surface area contributed by atoms with Gasteiger partial charge in [0.25, 0.3) is 0 Å². The second kappa shape index (κ2) is 5.44. The summed E-state index contributed by atoms with van der Waals surface area (Å²) in [6.45, 7) is 2.08. The number of nitrogens with one attached hydrogen (secondary N) is 1. The van der Waals surface area contributed by atoms with E-state index in [-0.39, 0.29) is 6.04 Å². The van der Waals surface area contributed by atoms with Gasteiger partial charge in [0.15, 0.2) is 0 Å². The number of hydrogen-bond acceptors (Lipinski definition) is 1. The molecule has 88 valence electrons. The van der Waals surface area contributed by atoms with Crippen molar-refractivity contribution in [2.75, 3.05) is 5.32 Å². The van der Waals surface area contributed by atoms with Crippen LogP contribution in [0.15, 0.2) is 48.5 Å². The molecule has 0 saturated carbocycles. The standard InChI is InChI=1S/C14H13Cl2N/c1-10(13-4-2-3-5-14(13)16)17-12-8-6-11(15)7-9-12/h2-10,17H,1H3. The van der Waals surface area contributed by atoms with Crippen molar-refractivity contribution in [1.29, 1.82) is 0 Å². The molecule has 0 aliphatic rings. The van der Waals surface area contributed by atoms with Crippen molar-refractivity contribution in [3.8, 4) is 0 Å². The fourth-order valence-electron chi connectivity index (χ4n) is 1.70. The Morgan fingerprint density at radius 2 is 1.59 bits per heavy atom. The van der Waals surface area contributed by atoms with E-state index in [0.717, 1.165) is 21.3 Å². The maximum absolute atomic E-state index is 6.15. The lowest BCUT2D eigenvalue weighted by Gasteiger charge is -2.16. The predicted molar refractivity (Wildman–Crippen MR) is 74.9 cm³/mol. The van der Waals surface area contributed by atoms with Crippen LogP contribution in [-0.4, -0.2) is 0 Å². The molecule has 0 amide bonds. The van der Waals surface area contributed by atoms with E-state index in [2.05, 4.69) is 12.2 Å². The van der Waals surface area contributed by atoms with Gasteiger partial charge in [-0.15, -0.1) is 0 Å². The molecule has 0 aromatic heterocycles. The normalized spacial score (nSPS) is 12.2. The van der Waals surface area contributed by atoms with E-state index in [1.807, 2.05) is 48.5 Å². The first kappa shape index (κ1) is 12.3. The molecule has 0 spiro atoms. The van der Waals surface area contributed by atoms with Crippen molar-refractivity contribution < 1.29 is 0 Å². The first-order valence-electron chi connectivity index (χ1n) is 5.43. The SMILES string of the molecule is CC(Nc1ccc(Cl)cc1)c1ccccc1Cl. The Balaban J connectivity index is 2.14. The van der Waals surface area contributed by atoms with Crippen LogP contribution < -0.4 is 5.32 Å². The van der Waals surface area contributed by atoms with E-state index < -0.39 is 0 Å². The van der Waals surface area contributed by atoms with E-state index in [9.17, 15) is 0 Å². The molecule has 0 aliphatic heterocycles. The summed E-state index contributed by atoms with van der Waals surface area (Å²) in [4.78, 5) is 0. The highest BCUT2D eigenvalue weighted by molar-refractivity contribution is 6.31. The van der Waals surface area contributed by atoms with Crippen LogP contribution in [0, 0.1) is 0 Å². The highest BCUT2D eigenvalue weighted by atomic mass is 35.5. The minimum Gasteiger partial charge on any atom is -0.378 e. The van der Waals surface area contributed by atoms with Crippen molar-refractivity contribution >= 4 is 28.9 Å². The summed E-state index contributed by atoms with van der Waals surface area (Å²) >= 11 is 12.0. The van der Waals surface area contributed by atoms with Crippen molar-refractivity contribution in [2.24, 2.45) is 0 Å². The Hall–Kier alpha value is -1.18. The Morgan fingerprint density at radius 3 is 2.24 bits per heavy atom. The van der Waals surface area contributed by atoms with E-state index in [1.165, 1.54) is 0 Å². The van der Waals surface area contributed by atoms with E-state index in [4.69, 9.17) is 23.2 Å². The average molecular weight is 266 g/mol. The molecule has 0 aliphatic carbocycles. The number of hydrogen-bond donors (Lipinski definition) is 1. The van der Waals surface area contributed by atoms with Gasteiger partial charge in [-0.3, -0.25) is 0 Å². The van der Waals surface area contributed by atoms with Crippen LogP contribution >= 0.6 is 23.2 Å². The van der Waals surface area contributed by atoms with Gasteiger partial charge in [0.05, 0.1) is 0 Å². The zero-order valence-electron chi connectivity index (χ0n) is 9.45. The van der Waals surface area contributed by atoms with Gasteiger partial charge in [-0.25, -0.2) is 0 Å². The van der Waals surface area contributed by atoms with E-state index in [0.29, 0.717) is 0 Å². The summed E-state index contributed by atoms with van der Waals surface area (Å²) in [7, 11) is 0. The Kier molecular flexibility index (Phi) is 3.93. The zero-order chi connectivity index (χ0) is 12.3. The monoisotopic (exact) mass is 265 g/mol. The molecule has 2 aromatic carbocycles. The lowest BCUT2D eigenvalue weighted by atomic mass is 10.1. The smallest absolute Gasteiger partial charge is 0.0500 e. The quantitative estimate of drug-likeness (QED) is 0.808. The summed E-state index contributed by atoms with van der Waals surface area (Å²) < 4.78 is 0. The molecule has 2 rings (SSSR count). The average Bonchev–Trinajstić information content (AvgIpc) is 2.32. The van der Waals surface area contributed by atoms with Crippen LogP contribution in [0.25, 0.3) is 0 Å². The van der Waals surface area contributed by atoms with Gasteiger partial charge in [-0.05, 0) is 42.8 Å². The molecule has 0 heterocycles. The lowest BCUT2D eigenvalue weighted by molar-refractivity contribution is 0.885. The summed E-state index contributed by atoms with van der Waals surface area (Å²) in [6.07, 6.45) is 0. The number of rotatable bonds is 3. The molecule has 0 bridgehead atoms. The van der Waals surface area contributed by atoms with Crippen LogP contribution in [-0.2, 0) is 0 Å². The Bertz CT molecular complexity index is 494. The topological polar surface area (TPSA) is 12.0 Å². The fourth-order valence-corrected chi connectivity index (χ4v) is 2.13. The molecule has 0 saturated heterocycles. The van der Waals surface area contributed by atoms with Crippen LogP contribution in [0.2, 0.25) is 10.0 Å². The van der Waals surface area contributed by atoms with Gasteiger partial charge in [-0.1, -0.05) is 41.4 Å². The fraction of sp³-hybridized carbons (Fsp3) is 0.143. The van der Waals surface area contributed by atoms with Crippen LogP contribution in [0.4, 0.5) is 5.69 Å². The number of anilines is 1. The third kappa shape index (κ3) is 3.15. The molecular formula is C14H13Cl2N. The predicted octanol–water partition coefficient (Wildman–Crippen LogP) is 5.17. The maximum Gasteiger partial charge on any atom is 0.0500 e. The number of benzene rings is 2. The van der Waals surface area contributed by atoms with E-state index in [1.54, 1.807) is 0 Å². The van der Waals surface area contributed by atoms with Gasteiger partial charge in [-0.2, -0.15) is 0 Å². The summed E-state index contributed by atoms with van der Waals surface area (Å²) in [5, 5.41) is 4.90. The highest BCUT2D eigenvalue weighted by Gasteiger charge is 2.08. The Labute approximate surface area is 111 Å². The molecule has 0 radical (unpaired) electrons. The van der Waals surface area contributed by atoms with Crippen molar-refractivity contribution in [2.45, 2.75) is 13.0 Å². The Morgan fingerprint density at radius 1 is 0.941 bits per heavy atom. The summed E-state index contributed by atoms with van der Waals surface area (Å²) in [5.41, 5.74) is 2.12. The summed E-state index contributed by atoms with van der Waals surface area (Å²) in [6, 6.07) is 15.6. The van der Waals surface area contributed by atoms with Crippen LogP contribution in [0.1, 0.15) is 18.5 Å². The molecule has 3 heteroatoms. The molecule has 0 fully saturated rings. The molecule has 1 atom stereocenters.